The largest absolute Gasteiger partial charge is 0.804 e. The van der Waals surface area contributed by atoms with Gasteiger partial charge in [-0.2, -0.15) is 0 Å². The van der Waals surface area contributed by atoms with Crippen LogP contribution in [0.15, 0.2) is 48.5 Å². The van der Waals surface area contributed by atoms with Crippen molar-refractivity contribution in [1.82, 2.24) is 5.01 Å². The highest BCUT2D eigenvalue weighted by Crippen LogP contribution is 2.32. The van der Waals surface area contributed by atoms with Gasteiger partial charge in [0.1, 0.15) is 0 Å². The lowest BCUT2D eigenvalue weighted by atomic mass is 10.0. The highest BCUT2D eigenvalue weighted by Gasteiger charge is 2.14. The third-order valence-corrected chi connectivity index (χ3v) is 3.85. The zero-order chi connectivity index (χ0) is 16.1. The molecule has 0 aliphatic rings. The van der Waals surface area contributed by atoms with Gasteiger partial charge in [-0.1, -0.05) is 52.9 Å². The summed E-state index contributed by atoms with van der Waals surface area (Å²) >= 11 is 4.68. The third-order valence-electron chi connectivity index (χ3n) is 3.17. The third kappa shape index (κ3) is 3.71. The van der Waals surface area contributed by atoms with Crippen LogP contribution in [0.3, 0.4) is 0 Å². The van der Waals surface area contributed by atoms with Crippen molar-refractivity contribution in [3.8, 4) is 11.1 Å². The molecular formula is C17H17N2OS2-. The van der Waals surface area contributed by atoms with Crippen LogP contribution in [0.2, 0.25) is 0 Å². The molecule has 2 aromatic carbocycles. The van der Waals surface area contributed by atoms with Gasteiger partial charge in [0.05, 0.1) is 5.69 Å². The molecule has 2 aromatic rings. The van der Waals surface area contributed by atoms with E-state index in [1.807, 2.05) is 63.5 Å². The second-order valence-electron chi connectivity index (χ2n) is 5.00. The zero-order valence-corrected chi connectivity index (χ0v) is 14.4. The van der Waals surface area contributed by atoms with Gasteiger partial charge in [0.25, 0.3) is 0 Å². The van der Waals surface area contributed by atoms with Gasteiger partial charge in [0, 0.05) is 29.1 Å². The summed E-state index contributed by atoms with van der Waals surface area (Å²) in [4.78, 5) is 0. The molecule has 0 amide bonds. The lowest BCUT2D eigenvalue weighted by molar-refractivity contribution is -0.214. The number of anilines is 1. The number of rotatable bonds is 3. The summed E-state index contributed by atoms with van der Waals surface area (Å²) in [6.45, 7) is 2.04. The van der Waals surface area contributed by atoms with Crippen molar-refractivity contribution in [2.75, 3.05) is 19.1 Å². The maximum Gasteiger partial charge on any atom is 0.0649 e. The van der Waals surface area contributed by atoms with Crippen LogP contribution in [0.25, 0.3) is 11.1 Å². The molecule has 0 heterocycles. The molecule has 22 heavy (non-hydrogen) atoms. The van der Waals surface area contributed by atoms with Gasteiger partial charge in [-0.25, -0.2) is 5.01 Å². The molecule has 0 aromatic heterocycles. The molecule has 0 unspecified atom stereocenters. The van der Waals surface area contributed by atoms with E-state index in [-0.39, 0.29) is 5.17 Å². The van der Waals surface area contributed by atoms with Crippen LogP contribution >= 0.6 is 23.2 Å². The van der Waals surface area contributed by atoms with Crippen LogP contribution in [0, 0.1) is 6.92 Å². The first-order valence-corrected chi connectivity index (χ1v) is 7.98. The maximum absolute atomic E-state index is 12.4. The van der Waals surface area contributed by atoms with Gasteiger partial charge in [-0.15, -0.1) is 0 Å². The van der Waals surface area contributed by atoms with Gasteiger partial charge in [0.15, 0.2) is 0 Å². The molecule has 0 radical (unpaired) electrons. The topological polar surface area (TPSA) is 29.5 Å². The van der Waals surface area contributed by atoms with E-state index in [2.05, 4.69) is 22.6 Å². The summed E-state index contributed by atoms with van der Waals surface area (Å²) in [5, 5.41) is 15.5. The van der Waals surface area contributed by atoms with Crippen LogP contribution < -0.4 is 10.1 Å². The van der Waals surface area contributed by atoms with E-state index in [0.29, 0.717) is 0 Å². The first kappa shape index (κ1) is 16.6. The fraction of sp³-hybridized carbons (Fsp3) is 0.176. The highest BCUT2D eigenvalue weighted by molar-refractivity contribution is 8.04. The first-order valence-electron chi connectivity index (χ1n) is 6.76. The molecule has 0 saturated carbocycles. The lowest BCUT2D eigenvalue weighted by Gasteiger charge is -2.36. The number of hydrogen-bond donors (Lipinski definition) is 0. The standard InChI is InChI=1S/C17H18N2OS2/c1-13-9-10-16(19(18(2)3)17(20)22-12-21)15(11-13)14-7-5-4-6-8-14/h4-11,20H,1-3H3/p-1. The summed E-state index contributed by atoms with van der Waals surface area (Å²) in [5.41, 5.74) is 4.04. The van der Waals surface area contributed by atoms with Crippen LogP contribution in [-0.4, -0.2) is 28.6 Å². The number of hydrogen-bond acceptors (Lipinski definition) is 3. The second-order valence-corrected chi connectivity index (χ2v) is 6.22. The minimum absolute atomic E-state index is 0.180. The van der Waals surface area contributed by atoms with Gasteiger partial charge in [-0.05, 0) is 36.8 Å². The molecule has 0 fully saturated rings. The Hall–Kier alpha value is -1.75. The average Bonchev–Trinajstić information content (AvgIpc) is 2.50. The summed E-state index contributed by atoms with van der Waals surface area (Å²) in [7, 11) is 4.54. The normalized spacial score (nSPS) is 10.2. The number of nitrogens with zero attached hydrogens (tertiary/aromatic N) is 2. The number of benzene rings is 2. The van der Waals surface area contributed by atoms with Crippen molar-refractivity contribution >= 4 is 38.3 Å². The molecule has 0 saturated heterocycles. The maximum atomic E-state index is 12.4. The van der Waals surface area contributed by atoms with Crippen molar-refractivity contribution in [3.05, 3.63) is 54.1 Å². The molecule has 114 valence electrons. The van der Waals surface area contributed by atoms with Crippen LogP contribution in [-0.2, 0) is 0 Å². The minimum Gasteiger partial charge on any atom is -0.804 e. The second kappa shape index (κ2) is 7.49. The molecule has 0 N–H and O–H groups in total. The first-order chi connectivity index (χ1) is 10.5. The Bertz CT molecular complexity index is 747. The van der Waals surface area contributed by atoms with Crippen molar-refractivity contribution < 1.29 is 5.11 Å². The molecule has 0 atom stereocenters. The SMILES string of the molecule is Cc1ccc(N(C([O-])=S=C=S)N(C)C)c(-c2ccccc2)c1. The Morgan fingerprint density at radius 3 is 2.41 bits per heavy atom. The van der Waals surface area contributed by atoms with E-state index in [9.17, 15) is 5.11 Å². The molecule has 0 spiro atoms. The Balaban J connectivity index is 2.69. The number of hydrazine groups is 1. The molecule has 5 heteroatoms. The van der Waals surface area contributed by atoms with E-state index in [0.717, 1.165) is 33.3 Å². The van der Waals surface area contributed by atoms with Crippen molar-refractivity contribution in [2.45, 2.75) is 6.92 Å². The lowest BCUT2D eigenvalue weighted by Crippen LogP contribution is -2.47. The van der Waals surface area contributed by atoms with Gasteiger partial charge < -0.3 is 5.11 Å². The molecule has 0 aliphatic heterocycles. The smallest absolute Gasteiger partial charge is 0.0649 e. The molecule has 2 rings (SSSR count). The zero-order valence-electron chi connectivity index (χ0n) is 12.7. The van der Waals surface area contributed by atoms with Crippen molar-refractivity contribution in [3.63, 3.8) is 0 Å². The summed E-state index contributed by atoms with van der Waals surface area (Å²) in [6, 6.07) is 16.1. The Morgan fingerprint density at radius 1 is 1.14 bits per heavy atom. The Morgan fingerprint density at radius 2 is 1.82 bits per heavy atom. The highest BCUT2D eigenvalue weighted by atomic mass is 32.1. The van der Waals surface area contributed by atoms with Crippen molar-refractivity contribution in [2.24, 2.45) is 0 Å². The Labute approximate surface area is 139 Å². The van der Waals surface area contributed by atoms with Crippen molar-refractivity contribution in [1.29, 1.82) is 0 Å². The predicted molar refractivity (Wildman–Crippen MR) is 98.0 cm³/mol. The summed E-state index contributed by atoms with van der Waals surface area (Å²) in [6.07, 6.45) is 0. The Kier molecular flexibility index (Phi) is 5.66. The average molecular weight is 329 g/mol. The molecule has 3 nitrogen and oxygen atoms in total. The fourth-order valence-corrected chi connectivity index (χ4v) is 2.87. The van der Waals surface area contributed by atoms with Crippen LogP contribution in [0.5, 0.6) is 0 Å². The fourth-order valence-electron chi connectivity index (χ4n) is 2.24. The van der Waals surface area contributed by atoms with E-state index < -0.39 is 0 Å². The van der Waals surface area contributed by atoms with E-state index >= 15 is 0 Å². The summed E-state index contributed by atoms with van der Waals surface area (Å²) < 4.78 is 2.43. The molecule has 0 aliphatic carbocycles. The predicted octanol–water partition coefficient (Wildman–Crippen LogP) is 2.96. The van der Waals surface area contributed by atoms with Gasteiger partial charge in [0.2, 0.25) is 0 Å². The van der Waals surface area contributed by atoms with Crippen LogP contribution in [0.1, 0.15) is 5.56 Å². The quantitative estimate of drug-likeness (QED) is 0.640. The number of aryl methyl sites for hydroxylation is 1. The van der Waals surface area contributed by atoms with E-state index in [1.165, 1.54) is 0 Å². The minimum atomic E-state index is -0.180. The number of thiocarbonyl (C=S) groups is 1. The monoisotopic (exact) mass is 329 g/mol. The van der Waals surface area contributed by atoms with Crippen LogP contribution in [0.4, 0.5) is 5.69 Å². The molecular weight excluding hydrogens is 312 g/mol. The van der Waals surface area contributed by atoms with E-state index in [4.69, 9.17) is 0 Å². The molecule has 0 bridgehead atoms. The van der Waals surface area contributed by atoms with Gasteiger partial charge >= 0.3 is 0 Å². The van der Waals surface area contributed by atoms with E-state index in [1.54, 1.807) is 10.0 Å². The summed E-state index contributed by atoms with van der Waals surface area (Å²) in [5.74, 6) is 0. The van der Waals surface area contributed by atoms with Gasteiger partial charge in [-0.3, -0.25) is 5.01 Å².